The van der Waals surface area contributed by atoms with Gasteiger partial charge in [0, 0.05) is 44.4 Å². The SMILES string of the molecule is C#CCOC(=O)c1cn(C2CC2)c2c(F)c(N3CC4CCOC4(CN)C3)c(F)cc2c1=O. The molecular weight excluding hydrogens is 420 g/mol. The predicted molar refractivity (Wildman–Crippen MR) is 114 cm³/mol. The monoisotopic (exact) mass is 443 g/mol. The summed E-state index contributed by atoms with van der Waals surface area (Å²) < 4.78 is 43.4. The minimum Gasteiger partial charge on any atom is -0.449 e. The molecule has 2 saturated heterocycles. The van der Waals surface area contributed by atoms with Crippen molar-refractivity contribution in [2.24, 2.45) is 11.7 Å². The fourth-order valence-electron chi connectivity index (χ4n) is 5.02. The molecule has 2 atom stereocenters. The lowest BCUT2D eigenvalue weighted by Crippen LogP contribution is -2.44. The second kappa shape index (κ2) is 7.57. The largest absolute Gasteiger partial charge is 0.449 e. The van der Waals surface area contributed by atoms with E-state index in [2.05, 4.69) is 5.92 Å². The van der Waals surface area contributed by atoms with Gasteiger partial charge in [0.2, 0.25) is 5.43 Å². The molecule has 2 unspecified atom stereocenters. The van der Waals surface area contributed by atoms with Crippen LogP contribution < -0.4 is 16.1 Å². The lowest BCUT2D eigenvalue weighted by Gasteiger charge is -2.27. The number of hydrogen-bond acceptors (Lipinski definition) is 6. The molecule has 1 aliphatic carbocycles. The van der Waals surface area contributed by atoms with E-state index in [0.717, 1.165) is 25.3 Å². The summed E-state index contributed by atoms with van der Waals surface area (Å²) in [5.41, 5.74) is 4.04. The Bertz CT molecular complexity index is 1220. The third-order valence-corrected chi connectivity index (χ3v) is 6.79. The standard InChI is InChI=1S/C23H23F2N3O4/c1-2-6-31-22(30)16-10-28(14-3-4-14)19-15(21(16)29)8-17(24)20(18(19)25)27-9-13-5-7-32-23(13,11-26)12-27/h1,8,10,13-14H,3-7,9,11-12,26H2. The Hall–Kier alpha value is -2.96. The lowest BCUT2D eigenvalue weighted by molar-refractivity contribution is 0.0126. The van der Waals surface area contributed by atoms with E-state index in [0.29, 0.717) is 13.2 Å². The minimum absolute atomic E-state index is 0.0119. The van der Waals surface area contributed by atoms with Crippen LogP contribution in [0.4, 0.5) is 14.5 Å². The number of fused-ring (bicyclic) bond motifs is 2. The first kappa shape index (κ1) is 20.9. The summed E-state index contributed by atoms with van der Waals surface area (Å²) in [6, 6.07) is 0.929. The van der Waals surface area contributed by atoms with Crippen molar-refractivity contribution < 1.29 is 23.0 Å². The van der Waals surface area contributed by atoms with Gasteiger partial charge in [-0.3, -0.25) is 4.79 Å². The molecule has 2 N–H and O–H groups in total. The highest BCUT2D eigenvalue weighted by molar-refractivity contribution is 5.95. The zero-order valence-corrected chi connectivity index (χ0v) is 17.4. The number of pyridine rings is 1. The second-order valence-corrected chi connectivity index (χ2v) is 8.69. The Balaban J connectivity index is 1.65. The highest BCUT2D eigenvalue weighted by Gasteiger charge is 2.51. The van der Waals surface area contributed by atoms with Gasteiger partial charge in [0.25, 0.3) is 0 Å². The number of esters is 1. The smallest absolute Gasteiger partial charge is 0.344 e. The summed E-state index contributed by atoms with van der Waals surface area (Å²) in [6.07, 6.45) is 8.71. The number of carbonyl (C=O) groups excluding carboxylic acids is 1. The Morgan fingerprint density at radius 1 is 1.38 bits per heavy atom. The van der Waals surface area contributed by atoms with E-state index < -0.39 is 28.6 Å². The summed E-state index contributed by atoms with van der Waals surface area (Å²) in [5.74, 6) is -0.354. The molecule has 168 valence electrons. The molecule has 0 bridgehead atoms. The van der Waals surface area contributed by atoms with E-state index in [9.17, 15) is 9.59 Å². The van der Waals surface area contributed by atoms with Crippen LogP contribution in [0.1, 0.15) is 35.7 Å². The Morgan fingerprint density at radius 3 is 2.81 bits per heavy atom. The van der Waals surface area contributed by atoms with Crippen molar-refractivity contribution in [3.63, 3.8) is 0 Å². The molecular formula is C23H23F2N3O4. The van der Waals surface area contributed by atoms with Crippen LogP contribution in [0.2, 0.25) is 0 Å². The number of anilines is 1. The van der Waals surface area contributed by atoms with Crippen LogP contribution in [-0.4, -0.2) is 49.0 Å². The molecule has 1 saturated carbocycles. The maximum Gasteiger partial charge on any atom is 0.344 e. The van der Waals surface area contributed by atoms with E-state index in [1.165, 1.54) is 6.20 Å². The lowest BCUT2D eigenvalue weighted by atomic mass is 9.91. The van der Waals surface area contributed by atoms with Gasteiger partial charge in [-0.2, -0.15) is 0 Å². The van der Waals surface area contributed by atoms with Gasteiger partial charge in [-0.1, -0.05) is 5.92 Å². The van der Waals surface area contributed by atoms with Crippen LogP contribution in [0.3, 0.4) is 0 Å². The van der Waals surface area contributed by atoms with Crippen LogP contribution in [0, 0.1) is 29.9 Å². The second-order valence-electron chi connectivity index (χ2n) is 8.69. The van der Waals surface area contributed by atoms with Crippen LogP contribution in [0.15, 0.2) is 17.1 Å². The van der Waals surface area contributed by atoms with Gasteiger partial charge in [-0.25, -0.2) is 13.6 Å². The molecule has 1 aromatic heterocycles. The molecule has 1 aromatic carbocycles. The summed E-state index contributed by atoms with van der Waals surface area (Å²) in [6.45, 7) is 1.24. The Morgan fingerprint density at radius 2 is 2.16 bits per heavy atom. The van der Waals surface area contributed by atoms with Crippen molar-refractivity contribution in [1.29, 1.82) is 0 Å². The van der Waals surface area contributed by atoms with E-state index in [-0.39, 0.29) is 53.8 Å². The Labute approximate surface area is 183 Å². The third-order valence-electron chi connectivity index (χ3n) is 6.79. The summed E-state index contributed by atoms with van der Waals surface area (Å²) in [4.78, 5) is 26.9. The molecule has 3 aliphatic rings. The van der Waals surface area contributed by atoms with Crippen molar-refractivity contribution in [1.82, 2.24) is 4.57 Å². The van der Waals surface area contributed by atoms with Gasteiger partial charge < -0.3 is 24.7 Å². The average molecular weight is 443 g/mol. The van der Waals surface area contributed by atoms with Gasteiger partial charge >= 0.3 is 5.97 Å². The summed E-state index contributed by atoms with van der Waals surface area (Å²) in [5, 5.41) is -0.199. The highest BCUT2D eigenvalue weighted by Crippen LogP contribution is 2.44. The highest BCUT2D eigenvalue weighted by atomic mass is 19.1. The van der Waals surface area contributed by atoms with Crippen molar-refractivity contribution >= 4 is 22.6 Å². The van der Waals surface area contributed by atoms with Gasteiger partial charge in [0.15, 0.2) is 12.4 Å². The van der Waals surface area contributed by atoms with Crippen molar-refractivity contribution in [3.05, 3.63) is 39.7 Å². The molecule has 9 heteroatoms. The zero-order chi connectivity index (χ0) is 22.6. The molecule has 2 aliphatic heterocycles. The molecule has 3 heterocycles. The molecule has 32 heavy (non-hydrogen) atoms. The predicted octanol–water partition coefficient (Wildman–Crippen LogP) is 1.96. The fraction of sp³-hybridized carbons (Fsp3) is 0.478. The first-order valence-electron chi connectivity index (χ1n) is 10.7. The number of terminal acetylenes is 1. The van der Waals surface area contributed by atoms with Gasteiger partial charge in [-0.05, 0) is 25.3 Å². The molecule has 0 amide bonds. The number of rotatable bonds is 5. The third kappa shape index (κ3) is 3.09. The fourth-order valence-corrected chi connectivity index (χ4v) is 5.02. The number of halogens is 2. The first-order chi connectivity index (χ1) is 15.4. The molecule has 5 rings (SSSR count). The normalized spacial score (nSPS) is 24.6. The maximum atomic E-state index is 15.9. The quantitative estimate of drug-likeness (QED) is 0.562. The number of ether oxygens (including phenoxy) is 2. The van der Waals surface area contributed by atoms with Crippen LogP contribution in [0.25, 0.3) is 10.9 Å². The van der Waals surface area contributed by atoms with Crippen LogP contribution >= 0.6 is 0 Å². The number of hydrogen-bond donors (Lipinski definition) is 1. The van der Waals surface area contributed by atoms with E-state index in [1.54, 1.807) is 9.47 Å². The number of carbonyl (C=O) groups is 1. The van der Waals surface area contributed by atoms with Crippen molar-refractivity contribution in [2.45, 2.75) is 30.9 Å². The van der Waals surface area contributed by atoms with Gasteiger partial charge in [0.05, 0.1) is 10.9 Å². The van der Waals surface area contributed by atoms with Crippen molar-refractivity contribution in [3.8, 4) is 12.3 Å². The molecule has 7 nitrogen and oxygen atoms in total. The van der Waals surface area contributed by atoms with E-state index in [1.807, 2.05) is 0 Å². The van der Waals surface area contributed by atoms with Gasteiger partial charge in [0.1, 0.15) is 22.7 Å². The minimum atomic E-state index is -0.913. The number of nitrogens with two attached hydrogens (primary N) is 1. The summed E-state index contributed by atoms with van der Waals surface area (Å²) >= 11 is 0. The van der Waals surface area contributed by atoms with Crippen LogP contribution in [0.5, 0.6) is 0 Å². The topological polar surface area (TPSA) is 86.8 Å². The van der Waals surface area contributed by atoms with Gasteiger partial charge in [-0.15, -0.1) is 6.42 Å². The number of aromatic nitrogens is 1. The average Bonchev–Trinajstić information content (AvgIpc) is 3.44. The van der Waals surface area contributed by atoms with E-state index in [4.69, 9.17) is 21.6 Å². The molecule has 2 aromatic rings. The number of benzene rings is 1. The molecule has 0 spiro atoms. The number of nitrogens with zero attached hydrogens (tertiary/aromatic N) is 2. The Kier molecular flexibility index (Phi) is 4.95. The first-order valence-corrected chi connectivity index (χ1v) is 10.7. The maximum absolute atomic E-state index is 15.9. The molecule has 3 fully saturated rings. The van der Waals surface area contributed by atoms with Crippen molar-refractivity contribution in [2.75, 3.05) is 37.7 Å². The summed E-state index contributed by atoms with van der Waals surface area (Å²) in [7, 11) is 0. The van der Waals surface area contributed by atoms with E-state index >= 15 is 8.78 Å². The zero-order valence-electron chi connectivity index (χ0n) is 17.4. The van der Waals surface area contributed by atoms with Crippen LogP contribution in [-0.2, 0) is 9.47 Å². The molecule has 0 radical (unpaired) electrons.